The van der Waals surface area contributed by atoms with Crippen LogP contribution in [0.3, 0.4) is 0 Å². The van der Waals surface area contributed by atoms with Gasteiger partial charge in [0.1, 0.15) is 6.04 Å². The summed E-state index contributed by atoms with van der Waals surface area (Å²) in [5, 5.41) is 8.02. The summed E-state index contributed by atoms with van der Waals surface area (Å²) in [6.45, 7) is 0.483. The van der Waals surface area contributed by atoms with E-state index in [4.69, 9.17) is 5.73 Å². The number of hydrogen-bond donors (Lipinski definition) is 4. The third-order valence-corrected chi connectivity index (χ3v) is 5.96. The van der Waals surface area contributed by atoms with Gasteiger partial charge in [0, 0.05) is 18.9 Å². The molecule has 1 aromatic rings. The van der Waals surface area contributed by atoms with Crippen molar-refractivity contribution in [3.05, 3.63) is 35.9 Å². The van der Waals surface area contributed by atoms with E-state index < -0.39 is 35.6 Å². The van der Waals surface area contributed by atoms with Crippen molar-refractivity contribution in [3.8, 4) is 0 Å². The molecule has 1 heterocycles. The average Bonchev–Trinajstić information content (AvgIpc) is 3.51. The zero-order chi connectivity index (χ0) is 23.1. The smallest absolute Gasteiger partial charge is 0.287 e. The lowest BCUT2D eigenvalue weighted by Gasteiger charge is -2.23. The maximum absolute atomic E-state index is 13.0. The monoisotopic (exact) mass is 442 g/mol. The summed E-state index contributed by atoms with van der Waals surface area (Å²) in [6.07, 6.45) is 3.71. The van der Waals surface area contributed by atoms with Crippen LogP contribution in [-0.2, 0) is 30.4 Å². The number of benzene rings is 1. The van der Waals surface area contributed by atoms with Gasteiger partial charge in [0.2, 0.25) is 23.5 Å². The lowest BCUT2D eigenvalue weighted by Crippen LogP contribution is -2.54. The Kier molecular flexibility index (Phi) is 7.97. The highest BCUT2D eigenvalue weighted by Gasteiger charge is 2.36. The van der Waals surface area contributed by atoms with Crippen molar-refractivity contribution in [1.82, 2.24) is 16.0 Å². The van der Waals surface area contributed by atoms with Crippen LogP contribution in [0, 0.1) is 11.8 Å². The third kappa shape index (κ3) is 6.90. The fourth-order valence-corrected chi connectivity index (χ4v) is 3.92. The van der Waals surface area contributed by atoms with Crippen molar-refractivity contribution in [2.45, 2.75) is 57.0 Å². The second-order valence-electron chi connectivity index (χ2n) is 8.59. The van der Waals surface area contributed by atoms with Gasteiger partial charge in [-0.1, -0.05) is 43.2 Å². The standard InChI is InChI=1S/C23H30N4O5/c24-21(30)20(29)17(13-16-10-11-25-22(16)31)27-23(32)18(12-15-6-7-15)26-19(28)9-8-14-4-2-1-3-5-14/h1-5,15-18H,6-13H2,(H2,24,30)(H,25,31)(H,26,28)(H,27,32)/t16-,17?,18-/m0/s1. The highest BCUT2D eigenvalue weighted by molar-refractivity contribution is 6.37. The number of primary amides is 1. The van der Waals surface area contributed by atoms with Crippen LogP contribution >= 0.6 is 0 Å². The quantitative estimate of drug-likeness (QED) is 0.336. The van der Waals surface area contributed by atoms with Crippen molar-refractivity contribution in [3.63, 3.8) is 0 Å². The summed E-state index contributed by atoms with van der Waals surface area (Å²) < 4.78 is 0. The van der Waals surface area contributed by atoms with Gasteiger partial charge in [0.25, 0.3) is 5.91 Å². The molecule has 3 rings (SSSR count). The van der Waals surface area contributed by atoms with E-state index >= 15 is 0 Å². The molecule has 0 radical (unpaired) electrons. The lowest BCUT2D eigenvalue weighted by molar-refractivity contribution is -0.139. The third-order valence-electron chi connectivity index (χ3n) is 5.96. The second kappa shape index (κ2) is 10.9. The van der Waals surface area contributed by atoms with E-state index in [9.17, 15) is 24.0 Å². The highest BCUT2D eigenvalue weighted by Crippen LogP contribution is 2.33. The lowest BCUT2D eigenvalue weighted by atomic mass is 9.95. The molecular formula is C23H30N4O5. The van der Waals surface area contributed by atoms with Crippen molar-refractivity contribution in [2.24, 2.45) is 17.6 Å². The zero-order valence-corrected chi connectivity index (χ0v) is 18.0. The normalized spacial score (nSPS) is 19.5. The van der Waals surface area contributed by atoms with Gasteiger partial charge in [-0.15, -0.1) is 0 Å². The molecule has 9 heteroatoms. The van der Waals surface area contributed by atoms with Crippen LogP contribution in [0.15, 0.2) is 30.3 Å². The fraction of sp³-hybridized carbons (Fsp3) is 0.522. The van der Waals surface area contributed by atoms with Gasteiger partial charge >= 0.3 is 0 Å². The number of ketones is 1. The summed E-state index contributed by atoms with van der Waals surface area (Å²) in [6, 6.07) is 7.55. The number of nitrogens with two attached hydrogens (primary N) is 1. The number of aryl methyl sites for hydroxylation is 1. The van der Waals surface area contributed by atoms with Crippen LogP contribution < -0.4 is 21.7 Å². The largest absolute Gasteiger partial charge is 0.363 e. The molecule has 1 saturated carbocycles. The maximum atomic E-state index is 13.0. The molecule has 4 amide bonds. The number of carbonyl (C=O) groups is 5. The van der Waals surface area contributed by atoms with Gasteiger partial charge in [-0.2, -0.15) is 0 Å². The number of amides is 4. The van der Waals surface area contributed by atoms with E-state index in [1.54, 1.807) is 0 Å². The minimum atomic E-state index is -1.20. The van der Waals surface area contributed by atoms with Gasteiger partial charge in [0.15, 0.2) is 0 Å². The molecule has 0 bridgehead atoms. The number of nitrogens with one attached hydrogen (secondary N) is 3. The molecule has 5 N–H and O–H groups in total. The van der Waals surface area contributed by atoms with E-state index in [1.807, 2.05) is 30.3 Å². The van der Waals surface area contributed by atoms with E-state index in [-0.39, 0.29) is 24.7 Å². The first-order valence-corrected chi connectivity index (χ1v) is 11.1. The molecule has 32 heavy (non-hydrogen) atoms. The van der Waals surface area contributed by atoms with Gasteiger partial charge in [-0.25, -0.2) is 0 Å². The van der Waals surface area contributed by atoms with Crippen LogP contribution in [0.1, 0.15) is 44.1 Å². The van der Waals surface area contributed by atoms with E-state index in [0.29, 0.717) is 31.7 Å². The summed E-state index contributed by atoms with van der Waals surface area (Å²) >= 11 is 0. The predicted octanol–water partition coefficient (Wildman–Crippen LogP) is -0.0305. The van der Waals surface area contributed by atoms with Crippen LogP contribution in [-0.4, -0.2) is 48.0 Å². The minimum absolute atomic E-state index is 0.00253. The fourth-order valence-electron chi connectivity index (χ4n) is 3.92. The van der Waals surface area contributed by atoms with E-state index in [0.717, 1.165) is 18.4 Å². The molecule has 172 valence electrons. The Bertz CT molecular complexity index is 868. The first kappa shape index (κ1) is 23.4. The van der Waals surface area contributed by atoms with Crippen molar-refractivity contribution < 1.29 is 24.0 Å². The van der Waals surface area contributed by atoms with Crippen LogP contribution in [0.5, 0.6) is 0 Å². The number of rotatable bonds is 12. The Morgan fingerprint density at radius 2 is 1.72 bits per heavy atom. The molecule has 1 aromatic carbocycles. The van der Waals surface area contributed by atoms with Crippen molar-refractivity contribution in [2.75, 3.05) is 6.54 Å². The van der Waals surface area contributed by atoms with E-state index in [1.165, 1.54) is 0 Å². The predicted molar refractivity (Wildman–Crippen MR) is 116 cm³/mol. The van der Waals surface area contributed by atoms with Crippen molar-refractivity contribution in [1.29, 1.82) is 0 Å². The Labute approximate surface area is 186 Å². The molecule has 9 nitrogen and oxygen atoms in total. The molecule has 3 atom stereocenters. The summed E-state index contributed by atoms with van der Waals surface area (Å²) in [7, 11) is 0. The van der Waals surface area contributed by atoms with Crippen LogP contribution in [0.4, 0.5) is 0 Å². The molecule has 2 aliphatic rings. The number of Topliss-reactive ketones (excluding diaryl/α,β-unsaturated/α-hetero) is 1. The molecule has 0 spiro atoms. The maximum Gasteiger partial charge on any atom is 0.287 e. The molecule has 1 aliphatic heterocycles. The Hall–Kier alpha value is -3.23. The molecule has 1 aliphatic carbocycles. The summed E-state index contributed by atoms with van der Waals surface area (Å²) in [5.41, 5.74) is 6.17. The molecular weight excluding hydrogens is 412 g/mol. The van der Waals surface area contributed by atoms with Crippen molar-refractivity contribution >= 4 is 29.4 Å². The molecule has 1 saturated heterocycles. The van der Waals surface area contributed by atoms with Gasteiger partial charge in [-0.3, -0.25) is 24.0 Å². The molecule has 0 aromatic heterocycles. The van der Waals surface area contributed by atoms with E-state index in [2.05, 4.69) is 16.0 Å². The minimum Gasteiger partial charge on any atom is -0.363 e. The topological polar surface area (TPSA) is 147 Å². The van der Waals surface area contributed by atoms with Crippen LogP contribution in [0.2, 0.25) is 0 Å². The molecule has 2 fully saturated rings. The highest BCUT2D eigenvalue weighted by atomic mass is 16.2. The Balaban J connectivity index is 1.61. The average molecular weight is 443 g/mol. The second-order valence-corrected chi connectivity index (χ2v) is 8.59. The molecule has 1 unspecified atom stereocenters. The van der Waals surface area contributed by atoms with Gasteiger partial charge in [0.05, 0.1) is 6.04 Å². The first-order valence-electron chi connectivity index (χ1n) is 11.1. The van der Waals surface area contributed by atoms with Gasteiger partial charge in [-0.05, 0) is 37.2 Å². The SMILES string of the molecule is NC(=O)C(=O)C(C[C@@H]1CCNC1=O)NC(=O)[C@H](CC1CC1)NC(=O)CCc1ccccc1. The summed E-state index contributed by atoms with van der Waals surface area (Å²) in [5.74, 6) is -3.27. The van der Waals surface area contributed by atoms with Gasteiger partial charge < -0.3 is 21.7 Å². The Morgan fingerprint density at radius 3 is 2.31 bits per heavy atom. The number of carbonyl (C=O) groups excluding carboxylic acids is 5. The Morgan fingerprint density at radius 1 is 1.00 bits per heavy atom. The number of hydrogen-bond acceptors (Lipinski definition) is 5. The summed E-state index contributed by atoms with van der Waals surface area (Å²) in [4.78, 5) is 61.2. The first-order chi connectivity index (χ1) is 15.3. The van der Waals surface area contributed by atoms with Crippen LogP contribution in [0.25, 0.3) is 0 Å². The zero-order valence-electron chi connectivity index (χ0n) is 18.0.